The van der Waals surface area contributed by atoms with Gasteiger partial charge in [0.15, 0.2) is 0 Å². The molecule has 0 aromatic heterocycles. The summed E-state index contributed by atoms with van der Waals surface area (Å²) in [5, 5.41) is 0.862. The molecular formula is C14H22Si2. The molecule has 2 heteroatoms. The highest BCUT2D eigenvalue weighted by Crippen LogP contribution is 2.41. The van der Waals surface area contributed by atoms with Crippen LogP contribution in [0.25, 0.3) is 6.08 Å². The highest BCUT2D eigenvalue weighted by Gasteiger charge is 2.42. The molecule has 1 aromatic carbocycles. The van der Waals surface area contributed by atoms with E-state index in [1.807, 2.05) is 0 Å². The van der Waals surface area contributed by atoms with Crippen molar-refractivity contribution in [1.29, 1.82) is 0 Å². The van der Waals surface area contributed by atoms with E-state index < -0.39 is 16.1 Å². The van der Waals surface area contributed by atoms with Gasteiger partial charge < -0.3 is 0 Å². The van der Waals surface area contributed by atoms with Gasteiger partial charge in [-0.25, -0.2) is 0 Å². The van der Waals surface area contributed by atoms with Gasteiger partial charge in [-0.15, -0.1) is 0 Å². The van der Waals surface area contributed by atoms with Gasteiger partial charge in [-0.05, 0) is 16.3 Å². The molecule has 1 aliphatic rings. The molecule has 16 heavy (non-hydrogen) atoms. The fourth-order valence-corrected chi connectivity index (χ4v) is 15.6. The summed E-state index contributed by atoms with van der Waals surface area (Å²) in [5.74, 6) is 0. The van der Waals surface area contributed by atoms with E-state index in [1.54, 1.807) is 5.56 Å². The third-order valence-corrected chi connectivity index (χ3v) is 13.3. The van der Waals surface area contributed by atoms with E-state index in [1.165, 1.54) is 5.56 Å². The topological polar surface area (TPSA) is 0 Å². The Kier molecular flexibility index (Phi) is 2.75. The average molecular weight is 247 g/mol. The largest absolute Gasteiger partial charge is 0.0938 e. The fraction of sp³-hybridized carbons (Fsp3) is 0.429. The Balaban J connectivity index is 2.60. The lowest BCUT2D eigenvalue weighted by Crippen LogP contribution is -2.48. The molecule has 0 spiro atoms. The lowest BCUT2D eigenvalue weighted by atomic mass is 10.1. The van der Waals surface area contributed by atoms with Crippen molar-refractivity contribution in [2.45, 2.75) is 37.9 Å². The zero-order valence-electron chi connectivity index (χ0n) is 11.0. The molecule has 1 aliphatic heterocycles. The van der Waals surface area contributed by atoms with Gasteiger partial charge in [0.1, 0.15) is 0 Å². The molecule has 0 fully saturated rings. The van der Waals surface area contributed by atoms with E-state index >= 15 is 0 Å². The van der Waals surface area contributed by atoms with Gasteiger partial charge in [-0.3, -0.25) is 0 Å². The average Bonchev–Trinajstić information content (AvgIpc) is 2.14. The zero-order chi connectivity index (χ0) is 12.0. The van der Waals surface area contributed by atoms with Crippen LogP contribution in [-0.2, 0) is 0 Å². The van der Waals surface area contributed by atoms with Crippen LogP contribution >= 0.6 is 0 Å². The first-order valence-electron chi connectivity index (χ1n) is 6.10. The monoisotopic (exact) mass is 246 g/mol. The van der Waals surface area contributed by atoms with Crippen molar-refractivity contribution in [3.8, 4) is 0 Å². The number of benzene rings is 1. The van der Waals surface area contributed by atoms with Crippen LogP contribution in [-0.4, -0.2) is 16.1 Å². The van der Waals surface area contributed by atoms with Crippen LogP contribution in [0.5, 0.6) is 0 Å². The Labute approximate surface area is 101 Å². The molecule has 1 aromatic rings. The predicted octanol–water partition coefficient (Wildman–Crippen LogP) is 4.46. The van der Waals surface area contributed by atoms with Crippen molar-refractivity contribution in [1.82, 2.24) is 0 Å². The van der Waals surface area contributed by atoms with Gasteiger partial charge in [0.2, 0.25) is 0 Å². The molecule has 0 aliphatic carbocycles. The van der Waals surface area contributed by atoms with E-state index in [-0.39, 0.29) is 0 Å². The first-order valence-corrected chi connectivity index (χ1v) is 12.8. The minimum absolute atomic E-state index is 0.862. The van der Waals surface area contributed by atoms with Crippen LogP contribution in [0.4, 0.5) is 0 Å². The second-order valence-corrected chi connectivity index (χ2v) is 17.0. The first kappa shape index (κ1) is 11.9. The summed E-state index contributed by atoms with van der Waals surface area (Å²) in [4.78, 5) is 0. The number of hydrogen-bond donors (Lipinski definition) is 0. The van der Waals surface area contributed by atoms with Gasteiger partial charge >= 0.3 is 0 Å². The Morgan fingerprint density at radius 2 is 1.69 bits per heavy atom. The Morgan fingerprint density at radius 1 is 1.06 bits per heavy atom. The van der Waals surface area contributed by atoms with E-state index in [9.17, 15) is 0 Å². The van der Waals surface area contributed by atoms with Crippen LogP contribution in [0.3, 0.4) is 0 Å². The van der Waals surface area contributed by atoms with Crippen molar-refractivity contribution >= 4 is 22.2 Å². The van der Waals surface area contributed by atoms with Gasteiger partial charge in [0.05, 0.1) is 8.07 Å². The summed E-state index contributed by atoms with van der Waals surface area (Å²) in [6.45, 7) is 12.6. The highest BCUT2D eigenvalue weighted by molar-refractivity contribution is 6.99. The summed E-state index contributed by atoms with van der Waals surface area (Å²) in [7, 11) is -2.36. The number of rotatable bonds is 1. The fourth-order valence-electron chi connectivity index (χ4n) is 3.31. The van der Waals surface area contributed by atoms with Crippen LogP contribution in [0.2, 0.25) is 32.7 Å². The van der Waals surface area contributed by atoms with Gasteiger partial charge in [0.25, 0.3) is 0 Å². The molecule has 1 unspecified atom stereocenters. The minimum atomic E-state index is -1.23. The smallest absolute Gasteiger partial charge is 0.0765 e. The summed E-state index contributed by atoms with van der Waals surface area (Å²) < 4.78 is 0. The molecule has 0 N–H and O–H groups in total. The van der Waals surface area contributed by atoms with Crippen molar-refractivity contribution in [3.63, 3.8) is 0 Å². The Hall–Kier alpha value is -0.606. The SMILES string of the molecule is C[Si](C)(C)C1c2ccccc2C=C[Si]1(C)C. The van der Waals surface area contributed by atoms with Gasteiger partial charge in [-0.1, -0.05) is 68.8 Å². The second-order valence-electron chi connectivity index (χ2n) is 6.58. The molecule has 0 amide bonds. The Morgan fingerprint density at radius 3 is 2.31 bits per heavy atom. The number of hydrogen-bond acceptors (Lipinski definition) is 0. The number of fused-ring (bicyclic) bond motifs is 1. The van der Waals surface area contributed by atoms with Crippen molar-refractivity contribution < 1.29 is 0 Å². The first-order chi connectivity index (χ1) is 7.32. The van der Waals surface area contributed by atoms with Crippen molar-refractivity contribution in [2.75, 3.05) is 0 Å². The quantitative estimate of drug-likeness (QED) is 0.642. The van der Waals surface area contributed by atoms with Crippen LogP contribution in [0, 0.1) is 0 Å². The summed E-state index contributed by atoms with van der Waals surface area (Å²) in [5.41, 5.74) is 5.63. The van der Waals surface area contributed by atoms with Crippen LogP contribution < -0.4 is 0 Å². The maximum Gasteiger partial charge on any atom is 0.0765 e. The van der Waals surface area contributed by atoms with E-state index in [4.69, 9.17) is 0 Å². The lowest BCUT2D eigenvalue weighted by Gasteiger charge is -2.42. The summed E-state index contributed by atoms with van der Waals surface area (Å²) in [6, 6.07) is 8.99. The third-order valence-electron chi connectivity index (χ3n) is 3.61. The summed E-state index contributed by atoms with van der Waals surface area (Å²) in [6.07, 6.45) is 2.36. The summed E-state index contributed by atoms with van der Waals surface area (Å²) >= 11 is 0. The van der Waals surface area contributed by atoms with Gasteiger partial charge in [0, 0.05) is 8.07 Å². The molecule has 0 nitrogen and oxygen atoms in total. The Bertz CT molecular complexity index is 425. The maximum absolute atomic E-state index is 2.54. The second kappa shape index (κ2) is 3.71. The van der Waals surface area contributed by atoms with E-state index in [2.05, 4.69) is 68.8 Å². The molecular weight excluding hydrogens is 224 g/mol. The molecule has 0 bridgehead atoms. The highest BCUT2D eigenvalue weighted by atomic mass is 28.4. The van der Waals surface area contributed by atoms with Crippen LogP contribution in [0.15, 0.2) is 30.0 Å². The van der Waals surface area contributed by atoms with Gasteiger partial charge in [-0.2, -0.15) is 0 Å². The van der Waals surface area contributed by atoms with Crippen molar-refractivity contribution in [3.05, 3.63) is 41.1 Å². The molecule has 1 atom stereocenters. The lowest BCUT2D eigenvalue weighted by molar-refractivity contribution is 1.17. The van der Waals surface area contributed by atoms with E-state index in [0.29, 0.717) is 0 Å². The van der Waals surface area contributed by atoms with Crippen LogP contribution in [0.1, 0.15) is 16.3 Å². The molecule has 0 saturated carbocycles. The molecule has 0 radical (unpaired) electrons. The normalized spacial score (nSPS) is 22.9. The molecule has 86 valence electrons. The maximum atomic E-state index is 2.54. The molecule has 0 saturated heterocycles. The minimum Gasteiger partial charge on any atom is -0.0938 e. The molecule has 2 rings (SSSR count). The predicted molar refractivity (Wildman–Crippen MR) is 79.0 cm³/mol. The van der Waals surface area contributed by atoms with Crippen molar-refractivity contribution in [2.24, 2.45) is 0 Å². The van der Waals surface area contributed by atoms with E-state index in [0.717, 1.165) is 5.16 Å². The standard InChI is InChI=1S/C14H22Si2/c1-15(2,3)14-13-9-7-6-8-12(13)10-11-16(14,4)5/h6-11,14H,1-5H3. The molecule has 1 heterocycles. The zero-order valence-corrected chi connectivity index (χ0v) is 13.0. The third kappa shape index (κ3) is 1.96.